The Morgan fingerprint density at radius 3 is 2.38 bits per heavy atom. The Morgan fingerprint density at radius 1 is 1.05 bits per heavy atom. The molecular weight excluding hydrogens is 525 g/mol. The fraction of sp³-hybridized carbons (Fsp3) is 0.419. The molecule has 2 unspecified atom stereocenters. The van der Waals surface area contributed by atoms with Gasteiger partial charge in [-0.15, -0.1) is 0 Å². The second kappa shape index (κ2) is 12.4. The maximum Gasteiger partial charge on any atom is 0.395 e. The van der Waals surface area contributed by atoms with Gasteiger partial charge in [0, 0.05) is 31.1 Å². The summed E-state index contributed by atoms with van der Waals surface area (Å²) < 4.78 is 40.3. The van der Waals surface area contributed by atoms with E-state index in [0.29, 0.717) is 55.8 Å². The molecule has 1 saturated heterocycles. The highest BCUT2D eigenvalue weighted by Crippen LogP contribution is 2.38. The van der Waals surface area contributed by atoms with Crippen LogP contribution in [0, 0.1) is 17.3 Å². The first kappa shape index (κ1) is 28.9. The van der Waals surface area contributed by atoms with Gasteiger partial charge in [-0.1, -0.05) is 85.3 Å². The zero-order valence-corrected chi connectivity index (χ0v) is 22.8. The van der Waals surface area contributed by atoms with Gasteiger partial charge >= 0.3 is 6.18 Å². The van der Waals surface area contributed by atoms with Gasteiger partial charge in [-0.25, -0.2) is 0 Å². The van der Waals surface area contributed by atoms with Crippen LogP contribution in [0.3, 0.4) is 0 Å². The van der Waals surface area contributed by atoms with Crippen molar-refractivity contribution in [3.63, 3.8) is 0 Å². The Kier molecular flexibility index (Phi) is 9.21. The zero-order valence-electron chi connectivity index (χ0n) is 22.0. The number of alkyl halides is 3. The summed E-state index contributed by atoms with van der Waals surface area (Å²) in [5.74, 6) is -2.37. The van der Waals surface area contributed by atoms with Gasteiger partial charge < -0.3 is 10.2 Å². The van der Waals surface area contributed by atoms with Crippen molar-refractivity contribution in [3.8, 4) is 0 Å². The summed E-state index contributed by atoms with van der Waals surface area (Å²) >= 11 is 6.23. The average Bonchev–Trinajstić information content (AvgIpc) is 2.92. The summed E-state index contributed by atoms with van der Waals surface area (Å²) in [4.78, 5) is 28.4. The number of allylic oxidation sites excluding steroid dienone is 2. The molecule has 0 spiro atoms. The van der Waals surface area contributed by atoms with Crippen LogP contribution in [0.1, 0.15) is 37.3 Å². The molecule has 4 nitrogen and oxygen atoms in total. The number of likely N-dealkylation sites (tertiary alicyclic amines) is 1. The van der Waals surface area contributed by atoms with Gasteiger partial charge in [-0.3, -0.25) is 9.59 Å². The van der Waals surface area contributed by atoms with E-state index >= 15 is 0 Å². The first-order chi connectivity index (χ1) is 18.6. The molecule has 2 aromatic rings. The lowest BCUT2D eigenvalue weighted by Crippen LogP contribution is -2.51. The summed E-state index contributed by atoms with van der Waals surface area (Å²) in [5, 5.41) is 3.56. The van der Waals surface area contributed by atoms with Crippen molar-refractivity contribution in [2.75, 3.05) is 19.6 Å². The van der Waals surface area contributed by atoms with Crippen LogP contribution >= 0.6 is 11.6 Å². The van der Waals surface area contributed by atoms with E-state index in [4.69, 9.17) is 11.6 Å². The number of nitrogens with one attached hydrogen (secondary N) is 1. The topological polar surface area (TPSA) is 49.4 Å². The number of hydrogen-bond acceptors (Lipinski definition) is 2. The number of carbonyl (C=O) groups is 2. The van der Waals surface area contributed by atoms with Crippen LogP contribution < -0.4 is 5.32 Å². The lowest BCUT2D eigenvalue weighted by atomic mass is 9.72. The van der Waals surface area contributed by atoms with Gasteiger partial charge in [0.25, 0.3) is 0 Å². The Labute approximate surface area is 232 Å². The van der Waals surface area contributed by atoms with Crippen LogP contribution in [0.4, 0.5) is 13.2 Å². The summed E-state index contributed by atoms with van der Waals surface area (Å²) in [5.41, 5.74) is 1.63. The molecule has 4 rings (SSSR count). The number of hydrogen-bond donors (Lipinski definition) is 1. The third-order valence-electron chi connectivity index (χ3n) is 7.91. The molecule has 2 atom stereocenters. The summed E-state index contributed by atoms with van der Waals surface area (Å²) in [6, 6.07) is 17.2. The first-order valence-corrected chi connectivity index (χ1v) is 13.7. The zero-order chi connectivity index (χ0) is 28.0. The van der Waals surface area contributed by atoms with E-state index < -0.39 is 23.4 Å². The normalized spacial score (nSPS) is 20.8. The van der Waals surface area contributed by atoms with Crippen molar-refractivity contribution in [2.24, 2.45) is 17.3 Å². The highest BCUT2D eigenvalue weighted by Gasteiger charge is 2.43. The minimum atomic E-state index is -4.33. The molecule has 1 heterocycles. The molecule has 0 radical (unpaired) electrons. The second-order valence-electron chi connectivity index (χ2n) is 10.6. The molecule has 39 heavy (non-hydrogen) atoms. The Morgan fingerprint density at radius 2 is 1.72 bits per heavy atom. The maximum atomic E-state index is 13.6. The molecule has 1 aliphatic heterocycles. The fourth-order valence-electron chi connectivity index (χ4n) is 5.47. The minimum absolute atomic E-state index is 0.0217. The van der Waals surface area contributed by atoms with E-state index in [9.17, 15) is 22.8 Å². The van der Waals surface area contributed by atoms with Gasteiger partial charge in [0.05, 0.1) is 11.3 Å². The van der Waals surface area contributed by atoms with Crippen LogP contribution in [-0.4, -0.2) is 42.5 Å². The number of amides is 2. The third-order valence-corrected chi connectivity index (χ3v) is 8.28. The molecule has 8 heteroatoms. The molecule has 2 amide bonds. The highest BCUT2D eigenvalue weighted by molar-refractivity contribution is 6.31. The van der Waals surface area contributed by atoms with E-state index in [1.165, 1.54) is 6.08 Å². The lowest BCUT2D eigenvalue weighted by Gasteiger charge is -2.41. The van der Waals surface area contributed by atoms with E-state index in [0.717, 1.165) is 11.1 Å². The Hall–Kier alpha value is -3.06. The van der Waals surface area contributed by atoms with Crippen molar-refractivity contribution in [2.45, 2.75) is 45.2 Å². The molecular formula is C31H34ClF3N2O2. The van der Waals surface area contributed by atoms with Crippen LogP contribution in [0.5, 0.6) is 0 Å². The number of halogens is 4. The summed E-state index contributed by atoms with van der Waals surface area (Å²) in [6.07, 6.45) is 2.42. The van der Waals surface area contributed by atoms with Crippen LogP contribution in [-0.2, 0) is 22.4 Å². The molecule has 0 saturated carbocycles. The van der Waals surface area contributed by atoms with Crippen molar-refractivity contribution >= 4 is 23.4 Å². The van der Waals surface area contributed by atoms with Crippen molar-refractivity contribution in [3.05, 3.63) is 94.5 Å². The molecule has 2 aliphatic rings. The number of aryl methyl sites for hydroxylation is 1. The molecule has 1 N–H and O–H groups in total. The average molecular weight is 559 g/mol. The second-order valence-corrected chi connectivity index (χ2v) is 11.0. The highest BCUT2D eigenvalue weighted by atomic mass is 35.5. The maximum absolute atomic E-state index is 13.6. The predicted molar refractivity (Wildman–Crippen MR) is 147 cm³/mol. The van der Waals surface area contributed by atoms with Crippen LogP contribution in [0.15, 0.2) is 78.4 Å². The van der Waals surface area contributed by atoms with Gasteiger partial charge in [0.2, 0.25) is 11.8 Å². The molecule has 208 valence electrons. The van der Waals surface area contributed by atoms with E-state index in [2.05, 4.69) is 5.32 Å². The molecule has 1 fully saturated rings. The largest absolute Gasteiger partial charge is 0.395 e. The van der Waals surface area contributed by atoms with Gasteiger partial charge in [0.1, 0.15) is 0 Å². The lowest BCUT2D eigenvalue weighted by molar-refractivity contribution is -0.169. The smallest absolute Gasteiger partial charge is 0.352 e. The van der Waals surface area contributed by atoms with Crippen molar-refractivity contribution in [1.29, 1.82) is 0 Å². The quantitative estimate of drug-likeness (QED) is 0.399. The van der Waals surface area contributed by atoms with Crippen molar-refractivity contribution < 1.29 is 22.8 Å². The van der Waals surface area contributed by atoms with Crippen LogP contribution in [0.2, 0.25) is 5.02 Å². The molecule has 0 bridgehead atoms. The Balaban J connectivity index is 1.42. The minimum Gasteiger partial charge on any atom is -0.352 e. The monoisotopic (exact) mass is 558 g/mol. The number of rotatable bonds is 8. The van der Waals surface area contributed by atoms with E-state index in [1.54, 1.807) is 24.0 Å². The van der Waals surface area contributed by atoms with Gasteiger partial charge in [0.15, 0.2) is 0 Å². The Bertz CT molecular complexity index is 1220. The number of piperidine rings is 1. The van der Waals surface area contributed by atoms with E-state index in [1.807, 2.05) is 54.6 Å². The van der Waals surface area contributed by atoms with Gasteiger partial charge in [-0.05, 0) is 54.4 Å². The molecule has 2 aromatic carbocycles. The number of carbonyl (C=O) groups excluding carboxylic acids is 2. The summed E-state index contributed by atoms with van der Waals surface area (Å²) in [6.45, 7) is 2.46. The first-order valence-electron chi connectivity index (χ1n) is 13.4. The fourth-order valence-corrected chi connectivity index (χ4v) is 5.70. The predicted octanol–water partition coefficient (Wildman–Crippen LogP) is 6.55. The van der Waals surface area contributed by atoms with Crippen LogP contribution in [0.25, 0.3) is 0 Å². The summed E-state index contributed by atoms with van der Waals surface area (Å²) in [7, 11) is 0. The number of nitrogens with zero attached hydrogens (tertiary/aromatic N) is 1. The third kappa shape index (κ3) is 7.33. The van der Waals surface area contributed by atoms with Crippen molar-refractivity contribution in [1.82, 2.24) is 10.2 Å². The van der Waals surface area contributed by atoms with E-state index in [-0.39, 0.29) is 18.4 Å². The molecule has 0 aromatic heterocycles. The standard InChI is InChI=1S/C31H34ClF3N2O2/c1-22-11-12-24(19-26(22)31(33,34)35)21-36-29(39)30(20-23-7-3-2-4-8-23)15-17-37(18-16-30)28(38)14-13-25-9-5-6-10-27(25)32/h2-12,19,22,26H,13-18,20-21H2,1H3,(H,36,39). The molecule has 1 aliphatic carbocycles. The van der Waals surface area contributed by atoms with Gasteiger partial charge in [-0.2, -0.15) is 13.2 Å². The number of benzene rings is 2. The SMILES string of the molecule is CC1C=CC(CNC(=O)C2(Cc3ccccc3)CCN(C(=O)CCc3ccccc3Cl)CC2)=CC1C(F)(F)F.